The average Bonchev–Trinajstić information content (AvgIpc) is 2.49. The molecule has 4 nitrogen and oxygen atoms in total. The summed E-state index contributed by atoms with van der Waals surface area (Å²) in [4.78, 5) is 10.8. The molecule has 0 bridgehead atoms. The lowest BCUT2D eigenvalue weighted by Crippen LogP contribution is -2.06. The second kappa shape index (κ2) is 7.87. The van der Waals surface area contributed by atoms with E-state index in [1.165, 1.54) is 12.1 Å². The fourth-order valence-corrected chi connectivity index (χ4v) is 2.25. The lowest BCUT2D eigenvalue weighted by Gasteiger charge is -2.09. The van der Waals surface area contributed by atoms with Crippen molar-refractivity contribution in [1.29, 1.82) is 0 Å². The number of carbonyl (C=O) groups is 1. The Morgan fingerprint density at radius 2 is 1.81 bits per heavy atom. The Hall–Kier alpha value is -1.76. The van der Waals surface area contributed by atoms with Gasteiger partial charge >= 0.3 is 5.97 Å². The summed E-state index contributed by atoms with van der Waals surface area (Å²) in [5.74, 6) is 0.470. The zero-order valence-electron chi connectivity index (χ0n) is 11.3. The van der Waals surface area contributed by atoms with Gasteiger partial charge in [0.05, 0.1) is 22.3 Å². The number of carboxylic acids is 1. The molecule has 0 aliphatic rings. The van der Waals surface area contributed by atoms with Crippen molar-refractivity contribution < 1.29 is 19.4 Å². The van der Waals surface area contributed by atoms with E-state index in [4.69, 9.17) is 14.6 Å². The van der Waals surface area contributed by atoms with Crippen molar-refractivity contribution in [2.45, 2.75) is 6.42 Å². The third-order valence-corrected chi connectivity index (χ3v) is 3.62. The van der Waals surface area contributed by atoms with Gasteiger partial charge < -0.3 is 14.6 Å². The summed E-state index contributed by atoms with van der Waals surface area (Å²) < 4.78 is 12.2. The van der Waals surface area contributed by atoms with Crippen LogP contribution >= 0.6 is 22.6 Å². The molecule has 2 aromatic carbocycles. The van der Waals surface area contributed by atoms with Gasteiger partial charge in [0.1, 0.15) is 11.5 Å². The third kappa shape index (κ3) is 4.93. The van der Waals surface area contributed by atoms with Gasteiger partial charge in [-0.05, 0) is 52.9 Å². The molecule has 0 fully saturated rings. The average molecular weight is 398 g/mol. The van der Waals surface area contributed by atoms with Crippen LogP contribution < -0.4 is 9.47 Å². The van der Waals surface area contributed by atoms with Crippen LogP contribution in [0.5, 0.6) is 11.5 Å². The van der Waals surface area contributed by atoms with Crippen LogP contribution in [0.3, 0.4) is 0 Å². The Kier molecular flexibility index (Phi) is 5.86. The first-order valence-electron chi connectivity index (χ1n) is 6.50. The highest BCUT2D eigenvalue weighted by molar-refractivity contribution is 14.1. The second-order valence-electron chi connectivity index (χ2n) is 4.31. The van der Waals surface area contributed by atoms with Crippen molar-refractivity contribution in [2.24, 2.45) is 0 Å². The first kappa shape index (κ1) is 15.6. The number of para-hydroxylation sites is 1. The minimum atomic E-state index is -0.956. The number of carboxylic acid groups (broad SMARTS) is 1. The van der Waals surface area contributed by atoms with Crippen LogP contribution in [0.25, 0.3) is 0 Å². The highest BCUT2D eigenvalue weighted by Crippen LogP contribution is 2.19. The third-order valence-electron chi connectivity index (χ3n) is 2.73. The molecule has 21 heavy (non-hydrogen) atoms. The minimum absolute atomic E-state index is 0.225. The van der Waals surface area contributed by atoms with E-state index in [-0.39, 0.29) is 5.56 Å². The lowest BCUT2D eigenvalue weighted by molar-refractivity contribution is 0.0696. The van der Waals surface area contributed by atoms with Gasteiger partial charge in [0.2, 0.25) is 0 Å². The number of hydrogen-bond acceptors (Lipinski definition) is 3. The van der Waals surface area contributed by atoms with E-state index < -0.39 is 5.97 Å². The molecular weight excluding hydrogens is 383 g/mol. The molecule has 5 heteroatoms. The van der Waals surface area contributed by atoms with Gasteiger partial charge in [0, 0.05) is 6.42 Å². The smallest absolute Gasteiger partial charge is 0.335 e. The summed E-state index contributed by atoms with van der Waals surface area (Å²) in [6.07, 6.45) is 0.724. The zero-order chi connectivity index (χ0) is 15.1. The summed E-state index contributed by atoms with van der Waals surface area (Å²) in [7, 11) is 0. The van der Waals surface area contributed by atoms with Gasteiger partial charge in [-0.1, -0.05) is 18.2 Å². The molecule has 0 atom stereocenters. The molecule has 0 aromatic heterocycles. The highest BCUT2D eigenvalue weighted by atomic mass is 127. The van der Waals surface area contributed by atoms with Crippen LogP contribution in [-0.2, 0) is 0 Å². The van der Waals surface area contributed by atoms with Crippen LogP contribution in [0.15, 0.2) is 48.5 Å². The molecule has 0 spiro atoms. The van der Waals surface area contributed by atoms with Crippen molar-refractivity contribution in [2.75, 3.05) is 13.2 Å². The lowest BCUT2D eigenvalue weighted by atomic mass is 10.2. The second-order valence-corrected chi connectivity index (χ2v) is 5.48. The van der Waals surface area contributed by atoms with E-state index in [2.05, 4.69) is 22.6 Å². The van der Waals surface area contributed by atoms with Crippen molar-refractivity contribution in [3.05, 3.63) is 57.7 Å². The van der Waals surface area contributed by atoms with Crippen molar-refractivity contribution in [3.8, 4) is 11.5 Å². The number of ether oxygens (including phenoxy) is 2. The topological polar surface area (TPSA) is 55.8 Å². The maximum absolute atomic E-state index is 10.8. The Bertz CT molecular complexity index is 613. The summed E-state index contributed by atoms with van der Waals surface area (Å²) in [6, 6.07) is 14.3. The molecule has 0 unspecified atom stereocenters. The van der Waals surface area contributed by atoms with Crippen LogP contribution in [0.2, 0.25) is 0 Å². The molecule has 1 N–H and O–H groups in total. The van der Waals surface area contributed by atoms with E-state index in [9.17, 15) is 4.79 Å². The molecule has 2 aromatic rings. The Balaban J connectivity index is 1.74. The van der Waals surface area contributed by atoms with E-state index in [0.29, 0.717) is 19.0 Å². The minimum Gasteiger partial charge on any atom is -0.493 e. The summed E-state index contributed by atoms with van der Waals surface area (Å²) in [5.41, 5.74) is 0.225. The van der Waals surface area contributed by atoms with Gasteiger partial charge in [-0.15, -0.1) is 0 Å². The van der Waals surface area contributed by atoms with Crippen LogP contribution in [-0.4, -0.2) is 24.3 Å². The number of hydrogen-bond donors (Lipinski definition) is 1. The van der Waals surface area contributed by atoms with Gasteiger partial charge in [-0.25, -0.2) is 4.79 Å². The maximum atomic E-state index is 10.8. The predicted molar refractivity (Wildman–Crippen MR) is 88.2 cm³/mol. The van der Waals surface area contributed by atoms with E-state index in [1.807, 2.05) is 24.3 Å². The number of benzene rings is 2. The standard InChI is InChI=1S/C16H15IO4/c17-14-7-1-2-8-15(14)21-10-4-9-20-13-6-3-5-12(11-13)16(18)19/h1-3,5-8,11H,4,9-10H2,(H,18,19). The molecule has 0 radical (unpaired) electrons. The number of halogens is 1. The maximum Gasteiger partial charge on any atom is 0.335 e. The number of rotatable bonds is 7. The van der Waals surface area contributed by atoms with Crippen LogP contribution in [0, 0.1) is 3.57 Å². The SMILES string of the molecule is O=C(O)c1cccc(OCCCOc2ccccc2I)c1. The Morgan fingerprint density at radius 1 is 1.05 bits per heavy atom. The van der Waals surface area contributed by atoms with E-state index in [0.717, 1.165) is 15.7 Å². The van der Waals surface area contributed by atoms with Crippen LogP contribution in [0.1, 0.15) is 16.8 Å². The monoisotopic (exact) mass is 398 g/mol. The fraction of sp³-hybridized carbons (Fsp3) is 0.188. The molecular formula is C16H15IO4. The molecule has 2 rings (SSSR count). The molecule has 0 aliphatic heterocycles. The van der Waals surface area contributed by atoms with Gasteiger partial charge in [-0.2, -0.15) is 0 Å². The molecule has 0 saturated carbocycles. The first-order valence-corrected chi connectivity index (χ1v) is 7.58. The van der Waals surface area contributed by atoms with Gasteiger partial charge in [0.15, 0.2) is 0 Å². The quantitative estimate of drug-likeness (QED) is 0.569. The predicted octanol–water partition coefficient (Wildman–Crippen LogP) is 3.84. The molecule has 0 heterocycles. The van der Waals surface area contributed by atoms with E-state index >= 15 is 0 Å². The normalized spacial score (nSPS) is 10.1. The molecule has 0 saturated heterocycles. The first-order chi connectivity index (χ1) is 10.2. The molecule has 0 amide bonds. The van der Waals surface area contributed by atoms with Crippen LogP contribution in [0.4, 0.5) is 0 Å². The number of aromatic carboxylic acids is 1. The fourth-order valence-electron chi connectivity index (χ4n) is 1.71. The van der Waals surface area contributed by atoms with E-state index in [1.54, 1.807) is 12.1 Å². The highest BCUT2D eigenvalue weighted by Gasteiger charge is 2.04. The van der Waals surface area contributed by atoms with Crippen molar-refractivity contribution >= 4 is 28.6 Å². The van der Waals surface area contributed by atoms with Crippen molar-refractivity contribution in [3.63, 3.8) is 0 Å². The van der Waals surface area contributed by atoms with Gasteiger partial charge in [-0.3, -0.25) is 0 Å². The summed E-state index contributed by atoms with van der Waals surface area (Å²) >= 11 is 2.23. The Labute approximate surface area is 136 Å². The largest absolute Gasteiger partial charge is 0.493 e. The Morgan fingerprint density at radius 3 is 2.57 bits per heavy atom. The zero-order valence-corrected chi connectivity index (χ0v) is 13.4. The summed E-state index contributed by atoms with van der Waals surface area (Å²) in [6.45, 7) is 1.03. The van der Waals surface area contributed by atoms with Gasteiger partial charge in [0.25, 0.3) is 0 Å². The van der Waals surface area contributed by atoms with Crippen molar-refractivity contribution in [1.82, 2.24) is 0 Å². The summed E-state index contributed by atoms with van der Waals surface area (Å²) in [5, 5.41) is 8.89. The molecule has 0 aliphatic carbocycles. The molecule has 110 valence electrons.